The molecular formula is C13H25NO7. The largest absolute Gasteiger partial charge is 0.394 e. The van der Waals surface area contributed by atoms with E-state index >= 15 is 0 Å². The van der Waals surface area contributed by atoms with Crippen LogP contribution < -0.4 is 0 Å². The minimum Gasteiger partial charge on any atom is -0.394 e. The molecule has 124 valence electrons. The van der Waals surface area contributed by atoms with Crippen LogP contribution in [0.2, 0.25) is 0 Å². The first-order valence-electron chi connectivity index (χ1n) is 6.09. The lowest BCUT2D eigenvalue weighted by Gasteiger charge is -2.22. The molecule has 8 heteroatoms. The quantitative estimate of drug-likeness (QED) is 0.358. The third-order valence-electron chi connectivity index (χ3n) is 2.75. The van der Waals surface area contributed by atoms with E-state index in [0.29, 0.717) is 6.42 Å². The molecule has 0 bridgehead atoms. The summed E-state index contributed by atoms with van der Waals surface area (Å²) in [4.78, 5) is 22.2. The maximum Gasteiger partial charge on any atom is 0.226 e. The standard InChI is InChI=1S/C6H9NO.C6H12O6.CH4/c1-2-7-5-3-4-6(7)8;7-1-3(9)5(11)6(12)4(10)2-8;/h2H,1,3-5H2;1,3-6,8-12H,2H2;1H4. The Morgan fingerprint density at radius 3 is 2.10 bits per heavy atom. The first kappa shape index (κ1) is 22.0. The van der Waals surface area contributed by atoms with Gasteiger partial charge in [0.2, 0.25) is 5.91 Å². The molecule has 1 amide bonds. The van der Waals surface area contributed by atoms with Crippen LogP contribution in [0.4, 0.5) is 0 Å². The second kappa shape index (κ2) is 11.4. The summed E-state index contributed by atoms with van der Waals surface area (Å²) in [5, 5.41) is 43.5. The number of rotatable bonds is 6. The van der Waals surface area contributed by atoms with Gasteiger partial charge >= 0.3 is 0 Å². The number of amides is 1. The number of aldehydes is 1. The molecule has 0 aliphatic carbocycles. The Kier molecular flexibility index (Phi) is 11.9. The van der Waals surface area contributed by atoms with Crippen LogP contribution in [0.15, 0.2) is 12.8 Å². The molecule has 1 aliphatic rings. The van der Waals surface area contributed by atoms with Crippen molar-refractivity contribution in [1.82, 2.24) is 4.90 Å². The van der Waals surface area contributed by atoms with E-state index in [0.717, 1.165) is 13.0 Å². The number of carbonyl (C=O) groups is 2. The Morgan fingerprint density at radius 2 is 1.81 bits per heavy atom. The highest BCUT2D eigenvalue weighted by Crippen LogP contribution is 2.08. The molecule has 5 N–H and O–H groups in total. The van der Waals surface area contributed by atoms with Crippen LogP contribution in [0.3, 0.4) is 0 Å². The molecule has 0 aromatic heterocycles. The zero-order chi connectivity index (χ0) is 15.7. The Balaban J connectivity index is 0. The molecule has 21 heavy (non-hydrogen) atoms. The number of hydrogen-bond acceptors (Lipinski definition) is 7. The molecule has 1 rings (SSSR count). The van der Waals surface area contributed by atoms with Crippen molar-refractivity contribution in [3.05, 3.63) is 12.8 Å². The molecule has 1 aliphatic heterocycles. The fourth-order valence-electron chi connectivity index (χ4n) is 1.48. The van der Waals surface area contributed by atoms with Gasteiger partial charge in [0.15, 0.2) is 6.29 Å². The van der Waals surface area contributed by atoms with Crippen molar-refractivity contribution >= 4 is 12.2 Å². The molecule has 1 heterocycles. The van der Waals surface area contributed by atoms with Gasteiger partial charge in [-0.3, -0.25) is 4.79 Å². The molecule has 0 aromatic carbocycles. The third kappa shape index (κ3) is 7.30. The van der Waals surface area contributed by atoms with Gasteiger partial charge in [0.1, 0.15) is 24.4 Å². The summed E-state index contributed by atoms with van der Waals surface area (Å²) in [6.07, 6.45) is -3.56. The molecule has 0 radical (unpaired) electrons. The minimum absolute atomic E-state index is 0. The zero-order valence-corrected chi connectivity index (χ0v) is 11.0. The van der Waals surface area contributed by atoms with Crippen molar-refractivity contribution in [1.29, 1.82) is 0 Å². The van der Waals surface area contributed by atoms with Crippen molar-refractivity contribution in [3.63, 3.8) is 0 Å². The number of hydrogen-bond donors (Lipinski definition) is 5. The number of aliphatic hydroxyl groups excluding tert-OH is 5. The van der Waals surface area contributed by atoms with Crippen molar-refractivity contribution in [2.24, 2.45) is 0 Å². The molecule has 0 saturated carbocycles. The van der Waals surface area contributed by atoms with Crippen LogP contribution in [0, 0.1) is 0 Å². The molecule has 1 saturated heterocycles. The van der Waals surface area contributed by atoms with E-state index in [1.807, 2.05) is 0 Å². The monoisotopic (exact) mass is 307 g/mol. The Morgan fingerprint density at radius 1 is 1.24 bits per heavy atom. The van der Waals surface area contributed by atoms with Gasteiger partial charge in [-0.15, -0.1) is 0 Å². The summed E-state index contributed by atoms with van der Waals surface area (Å²) < 4.78 is 0. The molecule has 0 spiro atoms. The van der Waals surface area contributed by atoms with Gasteiger partial charge in [0.05, 0.1) is 6.61 Å². The van der Waals surface area contributed by atoms with Gasteiger partial charge in [0.25, 0.3) is 0 Å². The summed E-state index contributed by atoms with van der Waals surface area (Å²) in [6.45, 7) is 3.60. The highest BCUT2D eigenvalue weighted by atomic mass is 16.4. The Hall–Kier alpha value is -1.32. The molecule has 4 atom stereocenters. The second-order valence-electron chi connectivity index (χ2n) is 4.23. The predicted molar refractivity (Wildman–Crippen MR) is 75.1 cm³/mol. The van der Waals surface area contributed by atoms with E-state index in [4.69, 9.17) is 25.5 Å². The van der Waals surface area contributed by atoms with E-state index in [2.05, 4.69) is 6.58 Å². The molecule has 0 aromatic rings. The molecule has 8 nitrogen and oxygen atoms in total. The van der Waals surface area contributed by atoms with Gasteiger partial charge in [-0.05, 0) is 12.6 Å². The normalized spacial score (nSPS) is 19.5. The number of carbonyl (C=O) groups excluding carboxylic acids is 2. The predicted octanol–water partition coefficient (Wildman–Crippen LogP) is -1.99. The lowest BCUT2D eigenvalue weighted by atomic mass is 10.0. The topological polar surface area (TPSA) is 139 Å². The van der Waals surface area contributed by atoms with Crippen LogP contribution in [-0.2, 0) is 9.59 Å². The summed E-state index contributed by atoms with van der Waals surface area (Å²) >= 11 is 0. The number of aliphatic hydroxyl groups is 5. The molecular weight excluding hydrogens is 282 g/mol. The van der Waals surface area contributed by atoms with E-state index in [1.54, 1.807) is 11.1 Å². The van der Waals surface area contributed by atoms with Crippen LogP contribution in [-0.4, -0.2) is 80.2 Å². The van der Waals surface area contributed by atoms with Crippen LogP contribution >= 0.6 is 0 Å². The second-order valence-corrected chi connectivity index (χ2v) is 4.23. The average Bonchev–Trinajstić information content (AvgIpc) is 2.89. The number of likely N-dealkylation sites (tertiary alicyclic amines) is 1. The van der Waals surface area contributed by atoms with Crippen LogP contribution in [0.25, 0.3) is 0 Å². The minimum atomic E-state index is -1.79. The van der Waals surface area contributed by atoms with Crippen LogP contribution in [0.1, 0.15) is 20.3 Å². The lowest BCUT2D eigenvalue weighted by molar-refractivity contribution is -0.136. The highest BCUT2D eigenvalue weighted by molar-refractivity contribution is 5.78. The molecule has 4 unspecified atom stereocenters. The Bertz CT molecular complexity index is 324. The summed E-state index contributed by atoms with van der Waals surface area (Å²) in [6, 6.07) is 0. The highest BCUT2D eigenvalue weighted by Gasteiger charge is 2.29. The van der Waals surface area contributed by atoms with E-state index in [-0.39, 0.29) is 19.6 Å². The number of nitrogens with zero attached hydrogens (tertiary/aromatic N) is 1. The first-order valence-corrected chi connectivity index (χ1v) is 6.09. The maximum absolute atomic E-state index is 10.7. The van der Waals surface area contributed by atoms with Gasteiger partial charge in [0, 0.05) is 13.0 Å². The van der Waals surface area contributed by atoms with E-state index in [1.165, 1.54) is 0 Å². The first-order chi connectivity index (χ1) is 9.38. The smallest absolute Gasteiger partial charge is 0.226 e. The van der Waals surface area contributed by atoms with Crippen molar-refractivity contribution in [2.75, 3.05) is 13.2 Å². The third-order valence-corrected chi connectivity index (χ3v) is 2.75. The van der Waals surface area contributed by atoms with Gasteiger partial charge in [-0.2, -0.15) is 0 Å². The lowest BCUT2D eigenvalue weighted by Crippen LogP contribution is -2.46. The van der Waals surface area contributed by atoms with Crippen molar-refractivity contribution in [3.8, 4) is 0 Å². The van der Waals surface area contributed by atoms with Crippen molar-refractivity contribution < 1.29 is 35.1 Å². The van der Waals surface area contributed by atoms with Gasteiger partial charge < -0.3 is 35.2 Å². The average molecular weight is 307 g/mol. The molecule has 1 fully saturated rings. The van der Waals surface area contributed by atoms with E-state index in [9.17, 15) is 9.59 Å². The fourth-order valence-corrected chi connectivity index (χ4v) is 1.48. The SMILES string of the molecule is C.C=CN1CCCC1=O.O=CC(O)C(O)C(O)C(O)CO. The van der Waals surface area contributed by atoms with Crippen molar-refractivity contribution in [2.45, 2.75) is 44.7 Å². The fraction of sp³-hybridized carbons (Fsp3) is 0.692. The summed E-state index contributed by atoms with van der Waals surface area (Å²) in [7, 11) is 0. The van der Waals surface area contributed by atoms with Gasteiger partial charge in [-0.25, -0.2) is 0 Å². The summed E-state index contributed by atoms with van der Waals surface area (Å²) in [5.41, 5.74) is 0. The van der Waals surface area contributed by atoms with Gasteiger partial charge in [-0.1, -0.05) is 14.0 Å². The maximum atomic E-state index is 10.7. The zero-order valence-electron chi connectivity index (χ0n) is 11.0. The van der Waals surface area contributed by atoms with E-state index < -0.39 is 31.0 Å². The summed E-state index contributed by atoms with van der Waals surface area (Å²) in [5.74, 6) is 0.208. The Labute approximate surface area is 123 Å². The van der Waals surface area contributed by atoms with Crippen LogP contribution in [0.5, 0.6) is 0 Å².